The first-order valence-electron chi connectivity index (χ1n) is 6.08. The number of benzene rings is 1. The third-order valence-electron chi connectivity index (χ3n) is 4.12. The van der Waals surface area contributed by atoms with Crippen LogP contribution in [0.1, 0.15) is 24.3 Å². The zero-order valence-corrected chi connectivity index (χ0v) is 9.94. The maximum Gasteiger partial charge on any atom is 0.119 e. The van der Waals surface area contributed by atoms with Crippen LogP contribution in [-0.2, 0) is 0 Å². The van der Waals surface area contributed by atoms with Crippen LogP contribution in [0.5, 0.6) is 5.75 Å². The molecular formula is C14H16N2O. The summed E-state index contributed by atoms with van der Waals surface area (Å²) >= 11 is 0. The van der Waals surface area contributed by atoms with Crippen LogP contribution in [0.2, 0.25) is 0 Å². The Morgan fingerprint density at radius 3 is 2.94 bits per heavy atom. The molecule has 0 radical (unpaired) electrons. The van der Waals surface area contributed by atoms with E-state index in [1.807, 2.05) is 12.1 Å². The molecule has 1 heterocycles. The molecule has 1 unspecified atom stereocenters. The van der Waals surface area contributed by atoms with E-state index < -0.39 is 0 Å². The second kappa shape index (κ2) is 3.75. The molecule has 1 aromatic rings. The molecule has 1 aliphatic heterocycles. The average Bonchev–Trinajstić information content (AvgIpc) is 3.04. The molecule has 2 fully saturated rings. The summed E-state index contributed by atoms with van der Waals surface area (Å²) in [5.41, 5.74) is 1.34. The highest BCUT2D eigenvalue weighted by atomic mass is 16.5. The SMILES string of the molecule is COc1cccc(C2CNC3(CC3)[C@@H]2C#N)c1. The van der Waals surface area contributed by atoms with Crippen LogP contribution in [0, 0.1) is 17.2 Å². The molecule has 0 amide bonds. The van der Waals surface area contributed by atoms with Crippen molar-refractivity contribution in [1.82, 2.24) is 5.32 Å². The molecule has 88 valence electrons. The molecule has 2 aliphatic rings. The Balaban J connectivity index is 1.91. The second-order valence-electron chi connectivity index (χ2n) is 5.03. The van der Waals surface area contributed by atoms with Gasteiger partial charge in [-0.15, -0.1) is 0 Å². The largest absolute Gasteiger partial charge is 0.497 e. The minimum absolute atomic E-state index is 0.106. The minimum Gasteiger partial charge on any atom is -0.497 e. The van der Waals surface area contributed by atoms with Crippen molar-refractivity contribution in [1.29, 1.82) is 5.26 Å². The van der Waals surface area contributed by atoms with Crippen molar-refractivity contribution in [2.75, 3.05) is 13.7 Å². The van der Waals surface area contributed by atoms with Gasteiger partial charge in [-0.1, -0.05) is 12.1 Å². The third kappa shape index (κ3) is 1.60. The quantitative estimate of drug-likeness (QED) is 0.842. The number of hydrogen-bond donors (Lipinski definition) is 1. The van der Waals surface area contributed by atoms with Crippen LogP contribution >= 0.6 is 0 Å². The molecule has 0 aromatic heterocycles. The van der Waals surface area contributed by atoms with Gasteiger partial charge in [0.2, 0.25) is 0 Å². The van der Waals surface area contributed by atoms with Gasteiger partial charge in [-0.05, 0) is 30.5 Å². The van der Waals surface area contributed by atoms with Gasteiger partial charge < -0.3 is 10.1 Å². The zero-order chi connectivity index (χ0) is 11.9. The summed E-state index contributed by atoms with van der Waals surface area (Å²) in [6.45, 7) is 0.908. The lowest BCUT2D eigenvalue weighted by molar-refractivity contribution is 0.413. The zero-order valence-electron chi connectivity index (χ0n) is 9.94. The second-order valence-corrected chi connectivity index (χ2v) is 5.03. The molecule has 0 bridgehead atoms. The molecular weight excluding hydrogens is 212 g/mol. The Hall–Kier alpha value is -1.53. The molecule has 1 N–H and O–H groups in total. The maximum absolute atomic E-state index is 9.38. The third-order valence-corrected chi connectivity index (χ3v) is 4.12. The van der Waals surface area contributed by atoms with E-state index in [1.165, 1.54) is 5.56 Å². The molecule has 1 aromatic carbocycles. The highest BCUT2D eigenvalue weighted by Crippen LogP contribution is 2.52. The van der Waals surface area contributed by atoms with Gasteiger partial charge in [-0.3, -0.25) is 0 Å². The van der Waals surface area contributed by atoms with Crippen molar-refractivity contribution in [2.45, 2.75) is 24.3 Å². The maximum atomic E-state index is 9.38. The Kier molecular flexibility index (Phi) is 2.34. The van der Waals surface area contributed by atoms with Gasteiger partial charge in [0.1, 0.15) is 5.75 Å². The van der Waals surface area contributed by atoms with Gasteiger partial charge in [0.15, 0.2) is 0 Å². The molecule has 1 saturated carbocycles. The van der Waals surface area contributed by atoms with Crippen LogP contribution in [0.4, 0.5) is 0 Å². The Labute approximate surface area is 101 Å². The van der Waals surface area contributed by atoms with Gasteiger partial charge in [-0.2, -0.15) is 5.26 Å². The fourth-order valence-corrected chi connectivity index (χ4v) is 2.94. The van der Waals surface area contributed by atoms with Crippen LogP contribution in [0.25, 0.3) is 0 Å². The fraction of sp³-hybridized carbons (Fsp3) is 0.500. The summed E-state index contributed by atoms with van der Waals surface area (Å²) in [7, 11) is 1.68. The Morgan fingerprint density at radius 1 is 1.47 bits per heavy atom. The minimum atomic E-state index is 0.106. The molecule has 2 atom stereocenters. The number of rotatable bonds is 2. The lowest BCUT2D eigenvalue weighted by atomic mass is 9.85. The summed E-state index contributed by atoms with van der Waals surface area (Å²) in [5.74, 6) is 1.28. The molecule has 3 heteroatoms. The molecule has 1 saturated heterocycles. The monoisotopic (exact) mass is 228 g/mol. The van der Waals surface area contributed by atoms with E-state index in [0.29, 0.717) is 5.92 Å². The van der Waals surface area contributed by atoms with Crippen LogP contribution in [0.3, 0.4) is 0 Å². The molecule has 1 aliphatic carbocycles. The van der Waals surface area contributed by atoms with Crippen molar-refractivity contribution >= 4 is 0 Å². The highest BCUT2D eigenvalue weighted by Gasteiger charge is 2.56. The van der Waals surface area contributed by atoms with E-state index >= 15 is 0 Å². The molecule has 3 rings (SSSR count). The predicted molar refractivity (Wildman–Crippen MR) is 64.8 cm³/mol. The van der Waals surface area contributed by atoms with Crippen molar-refractivity contribution in [3.8, 4) is 11.8 Å². The van der Waals surface area contributed by atoms with Crippen molar-refractivity contribution in [3.05, 3.63) is 29.8 Å². The average molecular weight is 228 g/mol. The van der Waals surface area contributed by atoms with Crippen molar-refractivity contribution in [2.24, 2.45) is 5.92 Å². The van der Waals surface area contributed by atoms with E-state index in [9.17, 15) is 5.26 Å². The van der Waals surface area contributed by atoms with Gasteiger partial charge in [0.05, 0.1) is 19.1 Å². The van der Waals surface area contributed by atoms with E-state index in [0.717, 1.165) is 25.1 Å². The first-order chi connectivity index (χ1) is 8.29. The van der Waals surface area contributed by atoms with Crippen LogP contribution < -0.4 is 10.1 Å². The van der Waals surface area contributed by atoms with E-state index in [-0.39, 0.29) is 11.5 Å². The number of methoxy groups -OCH3 is 1. The van der Waals surface area contributed by atoms with Crippen molar-refractivity contribution < 1.29 is 4.74 Å². The van der Waals surface area contributed by atoms with E-state index in [4.69, 9.17) is 4.74 Å². The summed E-state index contributed by atoms with van der Waals surface area (Å²) in [6, 6.07) is 10.6. The van der Waals surface area contributed by atoms with Crippen LogP contribution in [-0.4, -0.2) is 19.2 Å². The molecule has 17 heavy (non-hydrogen) atoms. The highest BCUT2D eigenvalue weighted by molar-refractivity contribution is 5.36. The lowest BCUT2D eigenvalue weighted by Crippen LogP contribution is -2.28. The first-order valence-corrected chi connectivity index (χ1v) is 6.08. The molecule has 1 spiro atoms. The van der Waals surface area contributed by atoms with Crippen LogP contribution in [0.15, 0.2) is 24.3 Å². The van der Waals surface area contributed by atoms with E-state index in [1.54, 1.807) is 7.11 Å². The van der Waals surface area contributed by atoms with Gasteiger partial charge >= 0.3 is 0 Å². The number of nitrogens with one attached hydrogen (secondary N) is 1. The summed E-state index contributed by atoms with van der Waals surface area (Å²) in [5, 5.41) is 12.9. The Bertz CT molecular complexity index is 473. The summed E-state index contributed by atoms with van der Waals surface area (Å²) in [4.78, 5) is 0. The number of nitrogens with zero attached hydrogens (tertiary/aromatic N) is 1. The number of nitriles is 1. The lowest BCUT2D eigenvalue weighted by Gasteiger charge is -2.17. The van der Waals surface area contributed by atoms with Gasteiger partial charge in [0.25, 0.3) is 0 Å². The Morgan fingerprint density at radius 2 is 2.29 bits per heavy atom. The normalized spacial score (nSPS) is 28.9. The van der Waals surface area contributed by atoms with Crippen molar-refractivity contribution in [3.63, 3.8) is 0 Å². The number of ether oxygens (including phenoxy) is 1. The van der Waals surface area contributed by atoms with Gasteiger partial charge in [-0.25, -0.2) is 0 Å². The molecule has 3 nitrogen and oxygen atoms in total. The topological polar surface area (TPSA) is 45.0 Å². The van der Waals surface area contributed by atoms with E-state index in [2.05, 4.69) is 23.5 Å². The first kappa shape index (κ1) is 10.6. The smallest absolute Gasteiger partial charge is 0.119 e. The predicted octanol–water partition coefficient (Wildman–Crippen LogP) is 2.05. The fourth-order valence-electron chi connectivity index (χ4n) is 2.94. The standard InChI is InChI=1S/C14H16N2O/c1-17-11-4-2-3-10(7-11)12-9-16-14(5-6-14)13(12)8-15/h2-4,7,12-13,16H,5-6,9H2,1H3/t12?,13-/m1/s1. The summed E-state index contributed by atoms with van der Waals surface area (Å²) in [6.07, 6.45) is 2.29. The summed E-state index contributed by atoms with van der Waals surface area (Å²) < 4.78 is 5.25. The number of hydrogen-bond acceptors (Lipinski definition) is 3. The van der Waals surface area contributed by atoms with Gasteiger partial charge in [0, 0.05) is 18.0 Å².